The maximum Gasteiger partial charge on any atom is 0.271 e. The molecule has 142 valence electrons. The zero-order valence-corrected chi connectivity index (χ0v) is 15.7. The van der Waals surface area contributed by atoms with Crippen molar-refractivity contribution in [3.63, 3.8) is 0 Å². The van der Waals surface area contributed by atoms with E-state index in [-0.39, 0.29) is 17.4 Å². The zero-order valence-electron chi connectivity index (χ0n) is 15.7. The molecule has 0 spiro atoms. The van der Waals surface area contributed by atoms with E-state index >= 15 is 0 Å². The molecule has 28 heavy (non-hydrogen) atoms. The van der Waals surface area contributed by atoms with E-state index in [9.17, 15) is 9.59 Å². The molecular formula is C22H22N4O2. The molecule has 0 saturated heterocycles. The van der Waals surface area contributed by atoms with Gasteiger partial charge in [0.15, 0.2) is 5.78 Å². The fraction of sp³-hybridized carbons (Fsp3) is 0.182. The van der Waals surface area contributed by atoms with Crippen LogP contribution in [0, 0.1) is 0 Å². The molecule has 2 aromatic carbocycles. The maximum absolute atomic E-state index is 12.2. The fourth-order valence-electron chi connectivity index (χ4n) is 2.70. The van der Waals surface area contributed by atoms with Gasteiger partial charge in [-0.3, -0.25) is 9.59 Å². The summed E-state index contributed by atoms with van der Waals surface area (Å²) in [4.78, 5) is 32.0. The Hall–Kier alpha value is -3.54. The maximum atomic E-state index is 12.2. The molecule has 0 fully saturated rings. The number of carbonyl (C=O) groups excluding carboxylic acids is 2. The van der Waals surface area contributed by atoms with E-state index in [1.54, 1.807) is 18.2 Å². The first-order chi connectivity index (χ1) is 13.6. The number of aromatic nitrogens is 2. The third kappa shape index (κ3) is 5.48. The van der Waals surface area contributed by atoms with Gasteiger partial charge in [-0.25, -0.2) is 9.97 Å². The van der Waals surface area contributed by atoms with Gasteiger partial charge in [-0.15, -0.1) is 0 Å². The standard InChI is InChI=1S/C22H22N4O2/c1-16(27)18-10-5-11-19(13-18)26-21-15-24-20(14-25-21)22(28)23-12-6-9-17-7-3-2-4-8-17/h2-5,7-8,10-11,13-15H,6,9,12H2,1H3,(H,23,28)(H,25,26). The summed E-state index contributed by atoms with van der Waals surface area (Å²) in [6, 6.07) is 17.3. The number of benzene rings is 2. The highest BCUT2D eigenvalue weighted by molar-refractivity contribution is 5.95. The summed E-state index contributed by atoms with van der Waals surface area (Å²) in [7, 11) is 0. The lowest BCUT2D eigenvalue weighted by atomic mass is 10.1. The Labute approximate surface area is 164 Å². The minimum Gasteiger partial charge on any atom is -0.351 e. The summed E-state index contributed by atoms with van der Waals surface area (Å²) in [5.41, 5.74) is 2.87. The molecule has 2 N–H and O–H groups in total. The predicted octanol–water partition coefficient (Wildman–Crippen LogP) is 3.79. The van der Waals surface area contributed by atoms with Crippen LogP contribution in [0.4, 0.5) is 11.5 Å². The summed E-state index contributed by atoms with van der Waals surface area (Å²) < 4.78 is 0. The van der Waals surface area contributed by atoms with Crippen LogP contribution in [0.1, 0.15) is 39.8 Å². The van der Waals surface area contributed by atoms with E-state index in [0.717, 1.165) is 18.5 Å². The smallest absolute Gasteiger partial charge is 0.271 e. The number of nitrogens with zero attached hydrogens (tertiary/aromatic N) is 2. The SMILES string of the molecule is CC(=O)c1cccc(Nc2cnc(C(=O)NCCCc3ccccc3)cn2)c1. The fourth-order valence-corrected chi connectivity index (χ4v) is 2.70. The Morgan fingerprint density at radius 3 is 2.50 bits per heavy atom. The monoisotopic (exact) mass is 374 g/mol. The number of aryl methyl sites for hydroxylation is 1. The number of rotatable bonds is 8. The van der Waals surface area contributed by atoms with Gasteiger partial charge in [0.05, 0.1) is 12.4 Å². The number of ketones is 1. The number of amides is 1. The van der Waals surface area contributed by atoms with Crippen LogP contribution in [-0.2, 0) is 6.42 Å². The molecule has 0 bridgehead atoms. The van der Waals surface area contributed by atoms with Crippen LogP contribution in [0.5, 0.6) is 0 Å². The van der Waals surface area contributed by atoms with E-state index in [2.05, 4.69) is 32.7 Å². The van der Waals surface area contributed by atoms with Crippen LogP contribution in [0.3, 0.4) is 0 Å². The highest BCUT2D eigenvalue weighted by Gasteiger charge is 2.08. The van der Waals surface area contributed by atoms with Gasteiger partial charge in [0.2, 0.25) is 0 Å². The number of hydrogen-bond donors (Lipinski definition) is 2. The molecule has 3 rings (SSSR count). The van der Waals surface area contributed by atoms with Crippen molar-refractivity contribution in [2.24, 2.45) is 0 Å². The first kappa shape index (κ1) is 19.2. The number of hydrogen-bond acceptors (Lipinski definition) is 5. The molecule has 0 saturated carbocycles. The lowest BCUT2D eigenvalue weighted by Gasteiger charge is -2.08. The molecule has 1 aromatic heterocycles. The molecular weight excluding hydrogens is 352 g/mol. The second-order valence-electron chi connectivity index (χ2n) is 6.39. The van der Waals surface area contributed by atoms with Crippen molar-refractivity contribution in [2.75, 3.05) is 11.9 Å². The molecule has 6 nitrogen and oxygen atoms in total. The Bertz CT molecular complexity index is 940. The molecule has 1 amide bonds. The van der Waals surface area contributed by atoms with Gasteiger partial charge in [-0.05, 0) is 37.5 Å². The Morgan fingerprint density at radius 2 is 1.79 bits per heavy atom. The average Bonchev–Trinajstić information content (AvgIpc) is 2.72. The quantitative estimate of drug-likeness (QED) is 0.463. The van der Waals surface area contributed by atoms with Crippen molar-refractivity contribution in [1.29, 1.82) is 0 Å². The van der Waals surface area contributed by atoms with Crippen molar-refractivity contribution in [3.05, 3.63) is 83.8 Å². The third-order valence-electron chi connectivity index (χ3n) is 4.20. The van der Waals surface area contributed by atoms with E-state index in [1.165, 1.54) is 24.9 Å². The first-order valence-electron chi connectivity index (χ1n) is 9.14. The minimum absolute atomic E-state index is 0.00554. The molecule has 0 radical (unpaired) electrons. The molecule has 0 aliphatic rings. The van der Waals surface area contributed by atoms with E-state index in [1.807, 2.05) is 24.3 Å². The van der Waals surface area contributed by atoms with Crippen molar-refractivity contribution >= 4 is 23.2 Å². The lowest BCUT2D eigenvalue weighted by molar-refractivity contribution is 0.0947. The van der Waals surface area contributed by atoms with Gasteiger partial charge in [-0.1, -0.05) is 42.5 Å². The van der Waals surface area contributed by atoms with Gasteiger partial charge < -0.3 is 10.6 Å². The van der Waals surface area contributed by atoms with Crippen LogP contribution in [0.15, 0.2) is 67.0 Å². The highest BCUT2D eigenvalue weighted by Crippen LogP contribution is 2.16. The molecule has 0 atom stereocenters. The summed E-state index contributed by atoms with van der Waals surface area (Å²) in [6.45, 7) is 2.10. The minimum atomic E-state index is -0.245. The Kier molecular flexibility index (Phi) is 6.46. The van der Waals surface area contributed by atoms with Crippen molar-refractivity contribution < 1.29 is 9.59 Å². The number of Topliss-reactive ketones (excluding diaryl/α,β-unsaturated/α-hetero) is 1. The first-order valence-corrected chi connectivity index (χ1v) is 9.14. The van der Waals surface area contributed by atoms with E-state index in [0.29, 0.717) is 17.9 Å². The third-order valence-corrected chi connectivity index (χ3v) is 4.20. The Balaban J connectivity index is 1.50. The number of carbonyl (C=O) groups is 2. The Morgan fingerprint density at radius 1 is 0.964 bits per heavy atom. The second kappa shape index (κ2) is 9.41. The highest BCUT2D eigenvalue weighted by atomic mass is 16.1. The largest absolute Gasteiger partial charge is 0.351 e. The van der Waals surface area contributed by atoms with E-state index < -0.39 is 0 Å². The zero-order chi connectivity index (χ0) is 19.8. The van der Waals surface area contributed by atoms with Crippen LogP contribution in [0.2, 0.25) is 0 Å². The van der Waals surface area contributed by atoms with Crippen molar-refractivity contribution in [2.45, 2.75) is 19.8 Å². The number of anilines is 2. The van der Waals surface area contributed by atoms with Crippen LogP contribution in [-0.4, -0.2) is 28.2 Å². The van der Waals surface area contributed by atoms with Gasteiger partial charge in [-0.2, -0.15) is 0 Å². The summed E-state index contributed by atoms with van der Waals surface area (Å²) in [5.74, 6) is 0.251. The van der Waals surface area contributed by atoms with Crippen molar-refractivity contribution in [3.8, 4) is 0 Å². The summed E-state index contributed by atoms with van der Waals surface area (Å²) in [5, 5.41) is 5.94. The molecule has 0 aliphatic carbocycles. The summed E-state index contributed by atoms with van der Waals surface area (Å²) in [6.07, 6.45) is 4.70. The average molecular weight is 374 g/mol. The number of nitrogens with one attached hydrogen (secondary N) is 2. The van der Waals surface area contributed by atoms with Crippen LogP contribution >= 0.6 is 0 Å². The van der Waals surface area contributed by atoms with Gasteiger partial charge in [0.25, 0.3) is 5.91 Å². The van der Waals surface area contributed by atoms with Crippen LogP contribution in [0.25, 0.3) is 0 Å². The van der Waals surface area contributed by atoms with Gasteiger partial charge >= 0.3 is 0 Å². The molecule has 6 heteroatoms. The molecule has 1 heterocycles. The van der Waals surface area contributed by atoms with E-state index in [4.69, 9.17) is 0 Å². The lowest BCUT2D eigenvalue weighted by Crippen LogP contribution is -2.25. The van der Waals surface area contributed by atoms with Gasteiger partial charge in [0.1, 0.15) is 11.5 Å². The molecule has 3 aromatic rings. The summed E-state index contributed by atoms with van der Waals surface area (Å²) >= 11 is 0. The molecule has 0 unspecified atom stereocenters. The van der Waals surface area contributed by atoms with Crippen molar-refractivity contribution in [1.82, 2.24) is 15.3 Å². The predicted molar refractivity (Wildman–Crippen MR) is 109 cm³/mol. The van der Waals surface area contributed by atoms with Crippen LogP contribution < -0.4 is 10.6 Å². The normalized spacial score (nSPS) is 10.3. The second-order valence-corrected chi connectivity index (χ2v) is 6.39. The topological polar surface area (TPSA) is 84.0 Å². The van der Waals surface area contributed by atoms with Gasteiger partial charge in [0, 0.05) is 17.8 Å². The molecule has 0 aliphatic heterocycles.